The number of nitrogens with zero attached hydrogens (tertiary/aromatic N) is 3. The van der Waals surface area contributed by atoms with Gasteiger partial charge in [0.2, 0.25) is 0 Å². The van der Waals surface area contributed by atoms with E-state index >= 15 is 0 Å². The second-order valence-corrected chi connectivity index (χ2v) is 4.67. The van der Waals surface area contributed by atoms with Gasteiger partial charge in [-0.05, 0) is 23.8 Å². The van der Waals surface area contributed by atoms with E-state index in [4.69, 9.17) is 10.5 Å². The molecule has 0 amide bonds. The van der Waals surface area contributed by atoms with Gasteiger partial charge in [-0.1, -0.05) is 18.2 Å². The molecule has 0 aliphatic heterocycles. The van der Waals surface area contributed by atoms with Crippen LogP contribution in [0.1, 0.15) is 28.4 Å². The first-order chi connectivity index (χ1) is 10.5. The highest BCUT2D eigenvalue weighted by molar-refractivity contribution is 5.48. The second-order valence-electron chi connectivity index (χ2n) is 4.67. The monoisotopic (exact) mass is 293 g/mol. The van der Waals surface area contributed by atoms with Gasteiger partial charge in [0.15, 0.2) is 0 Å². The van der Waals surface area contributed by atoms with E-state index in [-0.39, 0.29) is 17.7 Å². The third-order valence-corrected chi connectivity index (χ3v) is 3.25. The van der Waals surface area contributed by atoms with Gasteiger partial charge >= 0.3 is 0 Å². The molecule has 0 saturated carbocycles. The van der Waals surface area contributed by atoms with Gasteiger partial charge < -0.3 is 5.11 Å². The van der Waals surface area contributed by atoms with Crippen LogP contribution in [0.15, 0.2) is 42.5 Å². The maximum absolute atomic E-state index is 11.1. The van der Waals surface area contributed by atoms with Crippen LogP contribution in [-0.2, 0) is 6.42 Å². The molecule has 6 heteroatoms. The van der Waals surface area contributed by atoms with E-state index in [0.29, 0.717) is 16.7 Å². The quantitative estimate of drug-likeness (QED) is 0.688. The van der Waals surface area contributed by atoms with Gasteiger partial charge in [-0.2, -0.15) is 10.5 Å². The number of nitro groups is 1. The van der Waals surface area contributed by atoms with Crippen LogP contribution in [0.4, 0.5) is 5.69 Å². The number of aliphatic hydroxyl groups excluding tert-OH is 1. The van der Waals surface area contributed by atoms with Crippen molar-refractivity contribution >= 4 is 5.69 Å². The number of benzene rings is 2. The van der Waals surface area contributed by atoms with Crippen LogP contribution in [0.25, 0.3) is 0 Å². The summed E-state index contributed by atoms with van der Waals surface area (Å²) in [6.45, 7) is 0. The normalized spacial score (nSPS) is 11.2. The predicted molar refractivity (Wildman–Crippen MR) is 77.6 cm³/mol. The SMILES string of the molecule is N#Cc1ccc(C(O)Cc2ccc(C#N)cc2[N+](=O)[O-])cc1. The molecule has 0 radical (unpaired) electrons. The lowest BCUT2D eigenvalue weighted by Crippen LogP contribution is -2.05. The summed E-state index contributed by atoms with van der Waals surface area (Å²) in [5.41, 5.74) is 1.40. The van der Waals surface area contributed by atoms with E-state index in [0.717, 1.165) is 0 Å². The number of hydrogen-bond acceptors (Lipinski definition) is 5. The van der Waals surface area contributed by atoms with E-state index in [1.54, 1.807) is 24.3 Å². The molecule has 2 aromatic carbocycles. The van der Waals surface area contributed by atoms with Crippen LogP contribution in [-0.4, -0.2) is 10.0 Å². The molecule has 108 valence electrons. The van der Waals surface area contributed by atoms with Gasteiger partial charge in [0.25, 0.3) is 5.69 Å². The molecule has 0 saturated heterocycles. The first-order valence-corrected chi connectivity index (χ1v) is 6.40. The Kier molecular flexibility index (Phi) is 4.47. The lowest BCUT2D eigenvalue weighted by molar-refractivity contribution is -0.385. The Morgan fingerprint density at radius 3 is 2.23 bits per heavy atom. The van der Waals surface area contributed by atoms with Crippen molar-refractivity contribution in [2.45, 2.75) is 12.5 Å². The molecule has 0 aliphatic rings. The van der Waals surface area contributed by atoms with E-state index in [1.165, 1.54) is 18.2 Å². The van der Waals surface area contributed by atoms with Crippen molar-refractivity contribution in [3.8, 4) is 12.1 Å². The van der Waals surface area contributed by atoms with E-state index < -0.39 is 11.0 Å². The molecule has 1 N–H and O–H groups in total. The Labute approximate surface area is 126 Å². The standard InChI is InChI=1S/C16H11N3O3/c17-9-11-1-4-13(5-2-11)16(20)8-14-6-3-12(10-18)7-15(14)19(21)22/h1-7,16,20H,8H2. The fourth-order valence-electron chi connectivity index (χ4n) is 2.08. The van der Waals surface area contributed by atoms with Crippen LogP contribution in [0.5, 0.6) is 0 Å². The lowest BCUT2D eigenvalue weighted by Gasteiger charge is -2.11. The van der Waals surface area contributed by atoms with Crippen molar-refractivity contribution in [2.24, 2.45) is 0 Å². The highest BCUT2D eigenvalue weighted by Gasteiger charge is 2.18. The van der Waals surface area contributed by atoms with Crippen LogP contribution in [0.3, 0.4) is 0 Å². The molecule has 1 atom stereocenters. The minimum atomic E-state index is -0.931. The van der Waals surface area contributed by atoms with E-state index in [1.807, 2.05) is 12.1 Å². The number of nitro benzene ring substituents is 1. The van der Waals surface area contributed by atoms with Crippen molar-refractivity contribution in [3.05, 3.63) is 74.8 Å². The first kappa shape index (κ1) is 15.2. The van der Waals surface area contributed by atoms with Crippen molar-refractivity contribution in [3.63, 3.8) is 0 Å². The Morgan fingerprint density at radius 1 is 1.09 bits per heavy atom. The van der Waals surface area contributed by atoms with E-state index in [2.05, 4.69) is 0 Å². The van der Waals surface area contributed by atoms with Crippen LogP contribution in [0.2, 0.25) is 0 Å². The summed E-state index contributed by atoms with van der Waals surface area (Å²) >= 11 is 0. The summed E-state index contributed by atoms with van der Waals surface area (Å²) in [4.78, 5) is 10.5. The molecule has 6 nitrogen and oxygen atoms in total. The molecular formula is C16H11N3O3. The minimum absolute atomic E-state index is 0.0495. The summed E-state index contributed by atoms with van der Waals surface area (Å²) in [6, 6.07) is 14.3. The summed E-state index contributed by atoms with van der Waals surface area (Å²) in [5.74, 6) is 0. The van der Waals surface area contributed by atoms with Gasteiger partial charge in [-0.3, -0.25) is 10.1 Å². The van der Waals surface area contributed by atoms with Crippen molar-refractivity contribution in [1.82, 2.24) is 0 Å². The molecule has 0 fully saturated rings. The van der Waals surface area contributed by atoms with Crippen molar-refractivity contribution < 1.29 is 10.0 Å². The number of hydrogen-bond donors (Lipinski definition) is 1. The molecule has 0 aromatic heterocycles. The molecule has 2 rings (SSSR count). The zero-order valence-corrected chi connectivity index (χ0v) is 11.4. The third-order valence-electron chi connectivity index (χ3n) is 3.25. The third kappa shape index (κ3) is 3.26. The largest absolute Gasteiger partial charge is 0.388 e. The minimum Gasteiger partial charge on any atom is -0.388 e. The Morgan fingerprint density at radius 2 is 1.68 bits per heavy atom. The first-order valence-electron chi connectivity index (χ1n) is 6.40. The smallest absolute Gasteiger partial charge is 0.274 e. The van der Waals surface area contributed by atoms with Crippen LogP contribution >= 0.6 is 0 Å². The van der Waals surface area contributed by atoms with Crippen molar-refractivity contribution in [1.29, 1.82) is 10.5 Å². The highest BCUT2D eigenvalue weighted by atomic mass is 16.6. The number of rotatable bonds is 4. The van der Waals surface area contributed by atoms with Gasteiger partial charge in [0, 0.05) is 18.1 Å². The Hall–Kier alpha value is -3.22. The zero-order chi connectivity index (χ0) is 16.1. The van der Waals surface area contributed by atoms with Gasteiger partial charge in [-0.15, -0.1) is 0 Å². The highest BCUT2D eigenvalue weighted by Crippen LogP contribution is 2.26. The molecular weight excluding hydrogens is 282 g/mol. The number of nitriles is 2. The lowest BCUT2D eigenvalue weighted by atomic mass is 9.98. The maximum Gasteiger partial charge on any atom is 0.274 e. The fourth-order valence-corrected chi connectivity index (χ4v) is 2.08. The Balaban J connectivity index is 2.27. The fraction of sp³-hybridized carbons (Fsp3) is 0.125. The van der Waals surface area contributed by atoms with Crippen LogP contribution in [0, 0.1) is 32.8 Å². The summed E-state index contributed by atoms with van der Waals surface area (Å²) < 4.78 is 0. The van der Waals surface area contributed by atoms with Crippen LogP contribution < -0.4 is 0 Å². The average molecular weight is 293 g/mol. The molecule has 0 aliphatic carbocycles. The Bertz CT molecular complexity index is 786. The number of aliphatic hydroxyl groups is 1. The molecule has 22 heavy (non-hydrogen) atoms. The zero-order valence-electron chi connectivity index (χ0n) is 11.4. The molecule has 0 spiro atoms. The van der Waals surface area contributed by atoms with E-state index in [9.17, 15) is 15.2 Å². The van der Waals surface area contributed by atoms with Gasteiger partial charge in [-0.25, -0.2) is 0 Å². The summed E-state index contributed by atoms with van der Waals surface area (Å²) in [6.07, 6.45) is -0.882. The predicted octanol–water partition coefficient (Wildman–Crippen LogP) is 2.61. The van der Waals surface area contributed by atoms with Gasteiger partial charge in [0.1, 0.15) is 0 Å². The average Bonchev–Trinajstić information content (AvgIpc) is 2.55. The second kappa shape index (κ2) is 6.49. The molecule has 2 aromatic rings. The maximum atomic E-state index is 11.1. The summed E-state index contributed by atoms with van der Waals surface area (Å²) in [5, 5.41) is 38.8. The van der Waals surface area contributed by atoms with Crippen molar-refractivity contribution in [2.75, 3.05) is 0 Å². The summed E-state index contributed by atoms with van der Waals surface area (Å²) in [7, 11) is 0. The topological polar surface area (TPSA) is 111 Å². The molecule has 0 heterocycles. The molecule has 1 unspecified atom stereocenters. The van der Waals surface area contributed by atoms with Gasteiger partial charge in [0.05, 0.1) is 34.3 Å². The molecule has 0 bridgehead atoms.